The van der Waals surface area contributed by atoms with Gasteiger partial charge in [0.25, 0.3) is 0 Å². The van der Waals surface area contributed by atoms with E-state index in [1.807, 2.05) is 18.3 Å². The molecule has 0 bridgehead atoms. The van der Waals surface area contributed by atoms with Crippen molar-refractivity contribution >= 4 is 11.6 Å². The third kappa shape index (κ3) is 8.33. The standard InChI is InChI=1S/C33H42F2N4O2/c1-22(40)38-30(17-23-15-26(34)19-27(35)16-23)31(41)21-37-33(25-8-5-7-24(18-25)32(2,3)4)12-10-28(11-13-33)39-29-9-6-14-36-20-29/h5-9,14-16,18-20,28,30-31,37,39,41H,10-13,17,21H2,1-4H3,(H,38,40). The molecule has 1 aliphatic carbocycles. The highest BCUT2D eigenvalue weighted by molar-refractivity contribution is 5.73. The number of benzene rings is 2. The molecule has 4 N–H and O–H groups in total. The minimum atomic E-state index is -0.987. The van der Waals surface area contributed by atoms with Crippen molar-refractivity contribution < 1.29 is 18.7 Å². The fourth-order valence-corrected chi connectivity index (χ4v) is 5.76. The van der Waals surface area contributed by atoms with Crippen molar-refractivity contribution in [2.75, 3.05) is 11.9 Å². The number of anilines is 1. The molecule has 0 spiro atoms. The molecule has 41 heavy (non-hydrogen) atoms. The smallest absolute Gasteiger partial charge is 0.217 e. The van der Waals surface area contributed by atoms with Gasteiger partial charge in [0.2, 0.25) is 5.91 Å². The van der Waals surface area contributed by atoms with E-state index in [-0.39, 0.29) is 29.8 Å². The predicted molar refractivity (Wildman–Crippen MR) is 159 cm³/mol. The molecule has 8 heteroatoms. The van der Waals surface area contributed by atoms with E-state index in [0.717, 1.165) is 37.4 Å². The number of aromatic nitrogens is 1. The van der Waals surface area contributed by atoms with Gasteiger partial charge in [-0.05, 0) is 78.5 Å². The molecule has 2 atom stereocenters. The number of halogens is 2. The van der Waals surface area contributed by atoms with Gasteiger partial charge in [0.1, 0.15) is 11.6 Å². The number of rotatable bonds is 10. The predicted octanol–water partition coefficient (Wildman–Crippen LogP) is 5.61. The number of amides is 1. The Balaban J connectivity index is 1.54. The van der Waals surface area contributed by atoms with Crippen molar-refractivity contribution in [2.24, 2.45) is 0 Å². The number of aliphatic hydroxyl groups is 1. The van der Waals surface area contributed by atoms with Crippen LogP contribution in [0.5, 0.6) is 0 Å². The number of hydrogen-bond donors (Lipinski definition) is 4. The molecule has 0 saturated heterocycles. The summed E-state index contributed by atoms with van der Waals surface area (Å²) >= 11 is 0. The molecular formula is C33H42F2N4O2. The summed E-state index contributed by atoms with van der Waals surface area (Å²) in [6, 6.07) is 15.4. The Labute approximate surface area is 242 Å². The topological polar surface area (TPSA) is 86.3 Å². The fraction of sp³-hybridized carbons (Fsp3) is 0.455. The lowest BCUT2D eigenvalue weighted by Crippen LogP contribution is -2.54. The molecule has 3 aromatic rings. The number of pyridine rings is 1. The van der Waals surface area contributed by atoms with E-state index in [4.69, 9.17) is 0 Å². The molecule has 1 aliphatic rings. The van der Waals surface area contributed by atoms with Crippen LogP contribution in [-0.4, -0.2) is 40.7 Å². The summed E-state index contributed by atoms with van der Waals surface area (Å²) in [5.41, 5.74) is 3.36. The quantitative estimate of drug-likeness (QED) is 0.257. The largest absolute Gasteiger partial charge is 0.390 e. The lowest BCUT2D eigenvalue weighted by molar-refractivity contribution is -0.120. The highest BCUT2D eigenvalue weighted by Gasteiger charge is 2.38. The van der Waals surface area contributed by atoms with Gasteiger partial charge in [0.15, 0.2) is 0 Å². The molecule has 1 amide bonds. The Bertz CT molecular complexity index is 1280. The van der Waals surface area contributed by atoms with Crippen LogP contribution in [0.4, 0.5) is 14.5 Å². The van der Waals surface area contributed by atoms with Gasteiger partial charge in [-0.3, -0.25) is 9.78 Å². The van der Waals surface area contributed by atoms with Gasteiger partial charge in [0.05, 0.1) is 17.8 Å². The van der Waals surface area contributed by atoms with Gasteiger partial charge in [-0.25, -0.2) is 8.78 Å². The molecule has 1 aromatic heterocycles. The van der Waals surface area contributed by atoms with Gasteiger partial charge in [-0.2, -0.15) is 0 Å². The third-order valence-corrected chi connectivity index (χ3v) is 8.03. The molecule has 0 radical (unpaired) electrons. The number of aliphatic hydroxyl groups excluding tert-OH is 1. The van der Waals surface area contributed by atoms with E-state index in [1.165, 1.54) is 30.2 Å². The highest BCUT2D eigenvalue weighted by Crippen LogP contribution is 2.39. The molecule has 2 aromatic carbocycles. The summed E-state index contributed by atoms with van der Waals surface area (Å²) in [6.07, 6.45) is 6.20. The van der Waals surface area contributed by atoms with Crippen molar-refractivity contribution in [3.8, 4) is 0 Å². The van der Waals surface area contributed by atoms with Crippen molar-refractivity contribution in [2.45, 2.75) is 88.9 Å². The lowest BCUT2D eigenvalue weighted by atomic mass is 9.73. The average molecular weight is 565 g/mol. The van der Waals surface area contributed by atoms with E-state index < -0.39 is 23.8 Å². The molecule has 2 unspecified atom stereocenters. The maximum Gasteiger partial charge on any atom is 0.217 e. The Morgan fingerprint density at radius 2 is 1.78 bits per heavy atom. The first kappa shape index (κ1) is 30.6. The van der Waals surface area contributed by atoms with E-state index >= 15 is 0 Å². The molecule has 1 fully saturated rings. The molecule has 0 aliphatic heterocycles. The zero-order valence-corrected chi connectivity index (χ0v) is 24.4. The van der Waals surface area contributed by atoms with E-state index in [1.54, 1.807) is 6.20 Å². The van der Waals surface area contributed by atoms with Crippen molar-refractivity contribution in [1.82, 2.24) is 15.6 Å². The average Bonchev–Trinajstić information content (AvgIpc) is 2.92. The van der Waals surface area contributed by atoms with Gasteiger partial charge in [-0.1, -0.05) is 45.0 Å². The summed E-state index contributed by atoms with van der Waals surface area (Å²) in [6.45, 7) is 8.15. The molecule has 6 nitrogen and oxygen atoms in total. The minimum Gasteiger partial charge on any atom is -0.390 e. The second-order valence-corrected chi connectivity index (χ2v) is 12.3. The molecular weight excluding hydrogens is 522 g/mol. The number of hydrogen-bond acceptors (Lipinski definition) is 5. The molecule has 1 saturated carbocycles. The molecule has 220 valence electrons. The Morgan fingerprint density at radius 1 is 1.07 bits per heavy atom. The fourth-order valence-electron chi connectivity index (χ4n) is 5.76. The normalized spacial score (nSPS) is 20.7. The zero-order valence-electron chi connectivity index (χ0n) is 24.4. The summed E-state index contributed by atoms with van der Waals surface area (Å²) in [5.74, 6) is -1.70. The number of carbonyl (C=O) groups is 1. The number of nitrogens with zero attached hydrogens (tertiary/aromatic N) is 1. The van der Waals surface area contributed by atoms with Crippen LogP contribution < -0.4 is 16.0 Å². The van der Waals surface area contributed by atoms with Crippen LogP contribution >= 0.6 is 0 Å². The third-order valence-electron chi connectivity index (χ3n) is 8.03. The first-order valence-electron chi connectivity index (χ1n) is 14.4. The summed E-state index contributed by atoms with van der Waals surface area (Å²) in [4.78, 5) is 16.2. The van der Waals surface area contributed by atoms with Crippen molar-refractivity contribution in [1.29, 1.82) is 0 Å². The van der Waals surface area contributed by atoms with Crippen LogP contribution in [0.2, 0.25) is 0 Å². The van der Waals surface area contributed by atoms with Crippen LogP contribution in [0.1, 0.15) is 70.1 Å². The van der Waals surface area contributed by atoms with Gasteiger partial charge >= 0.3 is 0 Å². The maximum absolute atomic E-state index is 13.8. The number of nitrogens with one attached hydrogen (secondary N) is 3. The summed E-state index contributed by atoms with van der Waals surface area (Å²) < 4.78 is 27.7. The Hall–Kier alpha value is -3.36. The lowest BCUT2D eigenvalue weighted by Gasteiger charge is -2.43. The zero-order chi connectivity index (χ0) is 29.6. The van der Waals surface area contributed by atoms with Crippen LogP contribution in [0.3, 0.4) is 0 Å². The first-order valence-corrected chi connectivity index (χ1v) is 14.4. The van der Waals surface area contributed by atoms with E-state index in [9.17, 15) is 18.7 Å². The van der Waals surface area contributed by atoms with Crippen LogP contribution in [0.15, 0.2) is 67.0 Å². The SMILES string of the molecule is CC(=O)NC(Cc1cc(F)cc(F)c1)C(O)CNC1(c2cccc(C(C)(C)C)c2)CCC(Nc2cccnc2)CC1. The minimum absolute atomic E-state index is 0.0213. The second-order valence-electron chi connectivity index (χ2n) is 12.3. The summed E-state index contributed by atoms with van der Waals surface area (Å²) in [5, 5.41) is 21.4. The van der Waals surface area contributed by atoms with Crippen LogP contribution in [-0.2, 0) is 22.2 Å². The van der Waals surface area contributed by atoms with E-state index in [0.29, 0.717) is 11.6 Å². The van der Waals surface area contributed by atoms with Crippen molar-refractivity contribution in [3.63, 3.8) is 0 Å². The van der Waals surface area contributed by atoms with Gasteiger partial charge in [0, 0.05) is 43.5 Å². The van der Waals surface area contributed by atoms with E-state index in [2.05, 4.69) is 66.0 Å². The Morgan fingerprint density at radius 3 is 2.39 bits per heavy atom. The highest BCUT2D eigenvalue weighted by atomic mass is 19.1. The monoisotopic (exact) mass is 564 g/mol. The van der Waals surface area contributed by atoms with Crippen LogP contribution in [0, 0.1) is 11.6 Å². The van der Waals surface area contributed by atoms with Gasteiger partial charge < -0.3 is 21.1 Å². The maximum atomic E-state index is 13.8. The van der Waals surface area contributed by atoms with Crippen LogP contribution in [0.25, 0.3) is 0 Å². The number of carbonyl (C=O) groups excluding carboxylic acids is 1. The first-order chi connectivity index (χ1) is 19.4. The molecule has 1 heterocycles. The summed E-state index contributed by atoms with van der Waals surface area (Å²) in [7, 11) is 0. The van der Waals surface area contributed by atoms with Crippen molar-refractivity contribution in [3.05, 3.63) is 95.3 Å². The van der Waals surface area contributed by atoms with Gasteiger partial charge in [-0.15, -0.1) is 0 Å². The molecule has 4 rings (SSSR count). The Kier molecular flexibility index (Phi) is 9.76. The second kappa shape index (κ2) is 13.1.